The molecule has 0 aliphatic heterocycles. The zero-order valence-electron chi connectivity index (χ0n) is 12.3. The number of rotatable bonds is 7. The quantitative estimate of drug-likeness (QED) is 0.496. The average Bonchev–Trinajstić information content (AvgIpc) is 2.30. The van der Waals surface area contributed by atoms with Gasteiger partial charge in [-0.3, -0.25) is 0 Å². The van der Waals surface area contributed by atoms with E-state index in [2.05, 4.69) is 52.7 Å². The fourth-order valence-electron chi connectivity index (χ4n) is 1.42. The Hall–Kier alpha value is -1.56. The van der Waals surface area contributed by atoms with Crippen molar-refractivity contribution in [3.8, 4) is 0 Å². The van der Waals surface area contributed by atoms with Crippen molar-refractivity contribution in [3.63, 3.8) is 0 Å². The van der Waals surface area contributed by atoms with E-state index in [0.717, 1.165) is 23.1 Å². The predicted molar refractivity (Wildman–Crippen MR) is 84.6 cm³/mol. The molecule has 0 aliphatic rings. The van der Waals surface area contributed by atoms with Crippen molar-refractivity contribution in [2.75, 3.05) is 0 Å². The van der Waals surface area contributed by atoms with Gasteiger partial charge < -0.3 is 0 Å². The maximum Gasteiger partial charge on any atom is -0.0259 e. The van der Waals surface area contributed by atoms with Gasteiger partial charge in [0.1, 0.15) is 0 Å². The van der Waals surface area contributed by atoms with Crippen LogP contribution in [0.3, 0.4) is 0 Å². The molecule has 0 N–H and O–H groups in total. The zero-order chi connectivity index (χ0) is 14.1. The zero-order valence-corrected chi connectivity index (χ0v) is 12.3. The Bertz CT molecular complexity index is 398. The Labute approximate surface area is 113 Å². The van der Waals surface area contributed by atoms with E-state index in [1.807, 2.05) is 25.2 Å². The van der Waals surface area contributed by atoms with Gasteiger partial charge in [0.25, 0.3) is 0 Å². The van der Waals surface area contributed by atoms with E-state index in [4.69, 9.17) is 0 Å². The van der Waals surface area contributed by atoms with Crippen molar-refractivity contribution in [1.82, 2.24) is 0 Å². The van der Waals surface area contributed by atoms with Gasteiger partial charge in [0.05, 0.1) is 0 Å². The molecule has 0 spiro atoms. The summed E-state index contributed by atoms with van der Waals surface area (Å²) in [6.45, 7) is 20.3. The first-order valence-electron chi connectivity index (χ1n) is 6.41. The van der Waals surface area contributed by atoms with Crippen molar-refractivity contribution < 1.29 is 0 Å². The second kappa shape index (κ2) is 8.52. The minimum absolute atomic E-state index is 0.667. The van der Waals surface area contributed by atoms with Crippen LogP contribution in [0.25, 0.3) is 0 Å². The van der Waals surface area contributed by atoms with Gasteiger partial charge in [-0.1, -0.05) is 75.1 Å². The Morgan fingerprint density at radius 2 is 1.44 bits per heavy atom. The summed E-state index contributed by atoms with van der Waals surface area (Å²) >= 11 is 0. The predicted octanol–water partition coefficient (Wildman–Crippen LogP) is 5.78. The molecule has 0 aliphatic carbocycles. The molecule has 0 atom stereocenters. The lowest BCUT2D eigenvalue weighted by Crippen LogP contribution is -1.89. The highest BCUT2D eigenvalue weighted by Gasteiger charge is 1.97. The van der Waals surface area contributed by atoms with Gasteiger partial charge in [-0.05, 0) is 37.3 Å². The molecule has 0 heteroatoms. The highest BCUT2D eigenvalue weighted by Crippen LogP contribution is 2.15. The summed E-state index contributed by atoms with van der Waals surface area (Å²) in [5.41, 5.74) is 4.22. The maximum absolute atomic E-state index is 4.02. The second-order valence-corrected chi connectivity index (χ2v) is 5.03. The lowest BCUT2D eigenvalue weighted by molar-refractivity contribution is 0.649. The van der Waals surface area contributed by atoms with Crippen molar-refractivity contribution in [2.24, 2.45) is 5.92 Å². The van der Waals surface area contributed by atoms with Crippen LogP contribution in [-0.2, 0) is 0 Å². The van der Waals surface area contributed by atoms with Gasteiger partial charge in [0.15, 0.2) is 0 Å². The molecule has 98 valence electrons. The molecule has 0 radical (unpaired) electrons. The Balaban J connectivity index is 4.55. The van der Waals surface area contributed by atoms with Crippen molar-refractivity contribution in [2.45, 2.75) is 34.1 Å². The molecule has 0 nitrogen and oxygen atoms in total. The highest BCUT2D eigenvalue weighted by molar-refractivity contribution is 5.45. The fraction of sp³-hybridized carbons (Fsp3) is 0.333. The molecule has 0 saturated heterocycles. The van der Waals surface area contributed by atoms with E-state index in [1.54, 1.807) is 0 Å². The summed E-state index contributed by atoms with van der Waals surface area (Å²) in [5, 5.41) is 0. The van der Waals surface area contributed by atoms with E-state index in [9.17, 15) is 0 Å². The molecule has 0 amide bonds. The molecule has 0 bridgehead atoms. The van der Waals surface area contributed by atoms with Gasteiger partial charge in [0.2, 0.25) is 0 Å². The Morgan fingerprint density at radius 3 is 1.83 bits per heavy atom. The van der Waals surface area contributed by atoms with Crippen molar-refractivity contribution in [3.05, 3.63) is 72.4 Å². The summed E-state index contributed by atoms with van der Waals surface area (Å²) in [4.78, 5) is 0. The fourth-order valence-corrected chi connectivity index (χ4v) is 1.42. The minimum Gasteiger partial charge on any atom is -0.0961 e. The topological polar surface area (TPSA) is 0 Å². The first kappa shape index (κ1) is 16.4. The lowest BCUT2D eigenvalue weighted by atomic mass is 10.0. The molecule has 0 aromatic rings. The third-order valence-electron chi connectivity index (χ3n) is 2.49. The number of allylic oxidation sites excluding steroid dienone is 9. The van der Waals surface area contributed by atoms with E-state index in [1.165, 1.54) is 5.57 Å². The van der Waals surface area contributed by atoms with Crippen LogP contribution >= 0.6 is 0 Å². The van der Waals surface area contributed by atoms with E-state index >= 15 is 0 Å². The molecule has 0 unspecified atom stereocenters. The molecular weight excluding hydrogens is 216 g/mol. The molecule has 0 fully saturated rings. The van der Waals surface area contributed by atoms with Gasteiger partial charge in [-0.2, -0.15) is 0 Å². The SMILES string of the molecule is C=C(C)/C=C\C(=C)C(=C)/C=C\C(=C/C)CC(C)C. The first-order valence-corrected chi connectivity index (χ1v) is 6.41. The van der Waals surface area contributed by atoms with Crippen LogP contribution in [0.2, 0.25) is 0 Å². The van der Waals surface area contributed by atoms with Crippen LogP contribution < -0.4 is 0 Å². The number of hydrogen-bond donors (Lipinski definition) is 0. The first-order chi connectivity index (χ1) is 8.36. The standard InChI is InChI=1S/C18H26/c1-8-18(13-15(4)5)12-11-17(7)16(6)10-9-14(2)3/h8-12,15H,2,6-7,13H2,1,3-5H3/b10-9-,12-11-,18-8+. The summed E-state index contributed by atoms with van der Waals surface area (Å²) in [5.74, 6) is 0.667. The molecular formula is C18H26. The van der Waals surface area contributed by atoms with Crippen LogP contribution in [0.5, 0.6) is 0 Å². The Morgan fingerprint density at radius 1 is 0.944 bits per heavy atom. The van der Waals surface area contributed by atoms with E-state index in [0.29, 0.717) is 5.92 Å². The summed E-state index contributed by atoms with van der Waals surface area (Å²) in [6.07, 6.45) is 11.3. The lowest BCUT2D eigenvalue weighted by Gasteiger charge is -2.05. The highest BCUT2D eigenvalue weighted by atomic mass is 14.0. The molecule has 0 aromatic heterocycles. The van der Waals surface area contributed by atoms with E-state index in [-0.39, 0.29) is 0 Å². The molecule has 0 aromatic carbocycles. The largest absolute Gasteiger partial charge is 0.0961 e. The monoisotopic (exact) mass is 242 g/mol. The third kappa shape index (κ3) is 7.67. The van der Waals surface area contributed by atoms with E-state index < -0.39 is 0 Å². The molecule has 0 heterocycles. The number of hydrogen-bond acceptors (Lipinski definition) is 0. The van der Waals surface area contributed by atoms with Crippen LogP contribution in [0, 0.1) is 5.92 Å². The van der Waals surface area contributed by atoms with Crippen molar-refractivity contribution in [1.29, 1.82) is 0 Å². The Kier molecular flexibility index (Phi) is 7.78. The van der Waals surface area contributed by atoms with Gasteiger partial charge >= 0.3 is 0 Å². The van der Waals surface area contributed by atoms with Crippen molar-refractivity contribution >= 4 is 0 Å². The van der Waals surface area contributed by atoms with Crippen LogP contribution in [-0.4, -0.2) is 0 Å². The summed E-state index contributed by atoms with van der Waals surface area (Å²) in [6, 6.07) is 0. The second-order valence-electron chi connectivity index (χ2n) is 5.03. The minimum atomic E-state index is 0.667. The normalized spacial score (nSPS) is 12.6. The van der Waals surface area contributed by atoms with Crippen LogP contribution in [0.15, 0.2) is 72.4 Å². The van der Waals surface area contributed by atoms with Gasteiger partial charge in [0, 0.05) is 0 Å². The van der Waals surface area contributed by atoms with Gasteiger partial charge in [-0.15, -0.1) is 0 Å². The maximum atomic E-state index is 4.02. The van der Waals surface area contributed by atoms with Crippen LogP contribution in [0.1, 0.15) is 34.1 Å². The smallest absolute Gasteiger partial charge is 0.0259 e. The molecule has 0 saturated carbocycles. The average molecular weight is 242 g/mol. The van der Waals surface area contributed by atoms with Gasteiger partial charge in [-0.25, -0.2) is 0 Å². The summed E-state index contributed by atoms with van der Waals surface area (Å²) < 4.78 is 0. The summed E-state index contributed by atoms with van der Waals surface area (Å²) in [7, 11) is 0. The molecule has 18 heavy (non-hydrogen) atoms. The molecule has 0 rings (SSSR count). The van der Waals surface area contributed by atoms with Crippen LogP contribution in [0.4, 0.5) is 0 Å². The third-order valence-corrected chi connectivity index (χ3v) is 2.49.